The molecule has 59 valence electrons. The lowest BCUT2D eigenvalue weighted by Crippen LogP contribution is -2.27. The molecule has 1 unspecified atom stereocenters. The Kier molecular flexibility index (Phi) is 4.94. The minimum Gasteiger partial charge on any atom is -0.465 e. The van der Waals surface area contributed by atoms with E-state index in [4.69, 9.17) is 4.74 Å². The van der Waals surface area contributed by atoms with Crippen LogP contribution in [-0.4, -0.2) is 25.7 Å². The molecule has 0 saturated heterocycles. The van der Waals surface area contributed by atoms with Crippen LogP contribution < -0.4 is 5.32 Å². The first-order valence-corrected chi connectivity index (χ1v) is 3.48. The summed E-state index contributed by atoms with van der Waals surface area (Å²) in [6.45, 7) is 4.18. The van der Waals surface area contributed by atoms with Crippen LogP contribution in [0.25, 0.3) is 0 Å². The summed E-state index contributed by atoms with van der Waals surface area (Å²) >= 11 is 0. The van der Waals surface area contributed by atoms with Gasteiger partial charge in [-0.25, -0.2) is 5.32 Å². The maximum atomic E-state index is 10.8. The molecule has 0 aliphatic rings. The Bertz CT molecular complexity index is 104. The molecule has 0 N–H and O–H groups in total. The Morgan fingerprint density at radius 2 is 2.30 bits per heavy atom. The van der Waals surface area contributed by atoms with Crippen molar-refractivity contribution in [3.8, 4) is 0 Å². The van der Waals surface area contributed by atoms with E-state index < -0.39 is 0 Å². The third-order valence-electron chi connectivity index (χ3n) is 1.18. The molecule has 0 fully saturated rings. The lowest BCUT2D eigenvalue weighted by molar-refractivity contribution is -0.145. The summed E-state index contributed by atoms with van der Waals surface area (Å²) in [7, 11) is 1.61. The number of likely N-dealkylation sites (N-methyl/N-ethyl adjacent to an activating group) is 1. The van der Waals surface area contributed by atoms with Crippen molar-refractivity contribution < 1.29 is 9.53 Å². The zero-order valence-electron chi connectivity index (χ0n) is 6.76. The highest BCUT2D eigenvalue weighted by atomic mass is 16.5. The fraction of sp³-hybridized carbons (Fsp3) is 0.857. The minimum atomic E-state index is -0.313. The molecule has 0 aliphatic carbocycles. The average molecular weight is 144 g/mol. The first-order chi connectivity index (χ1) is 4.72. The molecule has 0 bridgehead atoms. The summed E-state index contributed by atoms with van der Waals surface area (Å²) in [5, 5.41) is 3.77. The second-order valence-corrected chi connectivity index (χ2v) is 2.10. The summed E-state index contributed by atoms with van der Waals surface area (Å²) in [6.07, 6.45) is 0.863. The van der Waals surface area contributed by atoms with Crippen molar-refractivity contribution >= 4 is 5.97 Å². The van der Waals surface area contributed by atoms with Gasteiger partial charge in [0.2, 0.25) is 0 Å². The summed E-state index contributed by atoms with van der Waals surface area (Å²) in [5.74, 6) is -0.232. The topological polar surface area (TPSA) is 40.4 Å². The fourth-order valence-electron chi connectivity index (χ4n) is 0.429. The van der Waals surface area contributed by atoms with Crippen molar-refractivity contribution in [3.63, 3.8) is 0 Å². The molecule has 3 nitrogen and oxygen atoms in total. The second kappa shape index (κ2) is 5.23. The third kappa shape index (κ3) is 3.45. The van der Waals surface area contributed by atoms with E-state index in [0.717, 1.165) is 6.42 Å². The van der Waals surface area contributed by atoms with Gasteiger partial charge in [0.1, 0.15) is 6.04 Å². The highest BCUT2D eigenvalue weighted by Crippen LogP contribution is 1.88. The zero-order chi connectivity index (χ0) is 7.98. The molecule has 0 rings (SSSR count). The lowest BCUT2D eigenvalue weighted by atomic mass is 10.3. The van der Waals surface area contributed by atoms with E-state index in [1.165, 1.54) is 0 Å². The molecule has 0 amide bonds. The molecule has 10 heavy (non-hydrogen) atoms. The van der Waals surface area contributed by atoms with Crippen LogP contribution in [0.5, 0.6) is 0 Å². The highest BCUT2D eigenvalue weighted by Gasteiger charge is 2.11. The lowest BCUT2D eigenvalue weighted by Gasteiger charge is -2.06. The standard InChI is InChI=1S/C7H14NO2/c1-4-5-10-7(9)6(2)8-3/h6H,4-5H2,1-3H3. The predicted molar refractivity (Wildman–Crippen MR) is 38.8 cm³/mol. The SMILES string of the molecule is CCCOC(=O)C(C)[N]C. The molecule has 0 aromatic heterocycles. The van der Waals surface area contributed by atoms with Crippen LogP contribution in [0.3, 0.4) is 0 Å². The summed E-state index contributed by atoms with van der Waals surface area (Å²) in [4.78, 5) is 10.8. The smallest absolute Gasteiger partial charge is 0.324 e. The van der Waals surface area contributed by atoms with Crippen molar-refractivity contribution in [1.82, 2.24) is 5.32 Å². The molecule has 1 radical (unpaired) electrons. The van der Waals surface area contributed by atoms with Crippen molar-refractivity contribution in [2.24, 2.45) is 0 Å². The number of carbonyl (C=O) groups excluding carboxylic acids is 1. The Hall–Kier alpha value is -0.570. The fourth-order valence-corrected chi connectivity index (χ4v) is 0.429. The molecule has 0 aromatic rings. The normalized spacial score (nSPS) is 12.7. The van der Waals surface area contributed by atoms with E-state index in [1.807, 2.05) is 6.92 Å². The van der Waals surface area contributed by atoms with Crippen LogP contribution in [0, 0.1) is 0 Å². The first-order valence-electron chi connectivity index (χ1n) is 3.48. The third-order valence-corrected chi connectivity index (χ3v) is 1.18. The van der Waals surface area contributed by atoms with Gasteiger partial charge in [-0.2, -0.15) is 0 Å². The summed E-state index contributed by atoms with van der Waals surface area (Å²) in [5.41, 5.74) is 0. The van der Waals surface area contributed by atoms with E-state index in [0.29, 0.717) is 6.61 Å². The second-order valence-electron chi connectivity index (χ2n) is 2.10. The molecule has 0 aromatic carbocycles. The van der Waals surface area contributed by atoms with Gasteiger partial charge in [0, 0.05) is 7.05 Å². The Morgan fingerprint density at radius 1 is 1.70 bits per heavy atom. The molecule has 0 aliphatic heterocycles. The van der Waals surface area contributed by atoms with Crippen LogP contribution in [0.4, 0.5) is 0 Å². The molecule has 0 spiro atoms. The van der Waals surface area contributed by atoms with Crippen LogP contribution in [0.2, 0.25) is 0 Å². The van der Waals surface area contributed by atoms with Crippen LogP contribution >= 0.6 is 0 Å². The molecule has 3 heteroatoms. The van der Waals surface area contributed by atoms with Gasteiger partial charge >= 0.3 is 5.97 Å². The van der Waals surface area contributed by atoms with Gasteiger partial charge in [0.05, 0.1) is 6.61 Å². The van der Waals surface area contributed by atoms with E-state index >= 15 is 0 Å². The van der Waals surface area contributed by atoms with Crippen molar-refractivity contribution in [2.75, 3.05) is 13.7 Å². The number of rotatable bonds is 4. The summed E-state index contributed by atoms with van der Waals surface area (Å²) < 4.78 is 4.81. The number of hydrogen-bond acceptors (Lipinski definition) is 2. The molecular weight excluding hydrogens is 130 g/mol. The van der Waals surface area contributed by atoms with Gasteiger partial charge < -0.3 is 4.74 Å². The van der Waals surface area contributed by atoms with Gasteiger partial charge in [-0.15, -0.1) is 0 Å². The van der Waals surface area contributed by atoms with Crippen molar-refractivity contribution in [2.45, 2.75) is 26.3 Å². The Morgan fingerprint density at radius 3 is 2.70 bits per heavy atom. The van der Waals surface area contributed by atoms with E-state index in [2.05, 4.69) is 5.32 Å². The minimum absolute atomic E-state index is 0.232. The number of carbonyl (C=O) groups is 1. The van der Waals surface area contributed by atoms with Crippen LogP contribution in [0.15, 0.2) is 0 Å². The predicted octanol–water partition coefficient (Wildman–Crippen LogP) is 0.562. The number of nitrogens with zero attached hydrogens (tertiary/aromatic N) is 1. The average Bonchev–Trinajstić information content (AvgIpc) is 1.98. The summed E-state index contributed by atoms with van der Waals surface area (Å²) in [6, 6.07) is -0.313. The molecule has 0 heterocycles. The van der Waals surface area contributed by atoms with Crippen LogP contribution in [0.1, 0.15) is 20.3 Å². The molecular formula is C7H14NO2. The first kappa shape index (κ1) is 9.43. The largest absolute Gasteiger partial charge is 0.465 e. The Labute approximate surface area is 61.8 Å². The Balaban J connectivity index is 3.42. The van der Waals surface area contributed by atoms with E-state index in [1.54, 1.807) is 14.0 Å². The number of ether oxygens (including phenoxy) is 1. The van der Waals surface area contributed by atoms with Gasteiger partial charge in [0.25, 0.3) is 0 Å². The van der Waals surface area contributed by atoms with Gasteiger partial charge in [-0.1, -0.05) is 6.92 Å². The van der Waals surface area contributed by atoms with Crippen molar-refractivity contribution in [3.05, 3.63) is 0 Å². The number of hydrogen-bond donors (Lipinski definition) is 0. The molecule has 0 saturated carbocycles. The van der Waals surface area contributed by atoms with Crippen molar-refractivity contribution in [1.29, 1.82) is 0 Å². The van der Waals surface area contributed by atoms with Crippen LogP contribution in [-0.2, 0) is 9.53 Å². The number of esters is 1. The zero-order valence-corrected chi connectivity index (χ0v) is 6.76. The maximum absolute atomic E-state index is 10.8. The molecule has 1 atom stereocenters. The monoisotopic (exact) mass is 144 g/mol. The quantitative estimate of drug-likeness (QED) is 0.541. The van der Waals surface area contributed by atoms with Gasteiger partial charge in [0.15, 0.2) is 0 Å². The van der Waals surface area contributed by atoms with E-state index in [-0.39, 0.29) is 12.0 Å². The highest BCUT2D eigenvalue weighted by molar-refractivity contribution is 5.75. The van der Waals surface area contributed by atoms with Gasteiger partial charge in [-0.05, 0) is 13.3 Å². The maximum Gasteiger partial charge on any atom is 0.324 e. The van der Waals surface area contributed by atoms with Gasteiger partial charge in [-0.3, -0.25) is 4.79 Å². The van der Waals surface area contributed by atoms with E-state index in [9.17, 15) is 4.79 Å².